The summed E-state index contributed by atoms with van der Waals surface area (Å²) in [5, 5.41) is 9.25. The Morgan fingerprint density at radius 3 is 3.11 bits per heavy atom. The number of nitrogens with zero attached hydrogens (tertiary/aromatic N) is 2. The van der Waals surface area contributed by atoms with Crippen molar-refractivity contribution in [1.82, 2.24) is 4.98 Å². The highest BCUT2D eigenvalue weighted by Gasteiger charge is 2.19. The monoisotopic (exact) mass is 378 g/mol. The van der Waals surface area contributed by atoms with E-state index in [2.05, 4.69) is 39.4 Å². The van der Waals surface area contributed by atoms with E-state index in [0.717, 1.165) is 29.1 Å². The molecule has 0 amide bonds. The molecule has 0 aromatic carbocycles. The van der Waals surface area contributed by atoms with Gasteiger partial charge in [0.2, 0.25) is 5.88 Å². The van der Waals surface area contributed by atoms with Crippen molar-refractivity contribution in [2.24, 2.45) is 0 Å². The highest BCUT2D eigenvalue weighted by molar-refractivity contribution is 14.1. The van der Waals surface area contributed by atoms with Crippen LogP contribution >= 0.6 is 22.6 Å². The summed E-state index contributed by atoms with van der Waals surface area (Å²) in [5.74, 6) is 1.46. The van der Waals surface area contributed by atoms with Crippen molar-refractivity contribution >= 4 is 28.4 Å². The predicted octanol–water partition coefficient (Wildman–Crippen LogP) is 1.67. The van der Waals surface area contributed by atoms with Gasteiger partial charge in [-0.15, -0.1) is 0 Å². The van der Waals surface area contributed by atoms with Crippen LogP contribution in [0.2, 0.25) is 0 Å². The molecule has 6 heteroatoms. The molecule has 2 rings (SSSR count). The van der Waals surface area contributed by atoms with Crippen molar-refractivity contribution in [2.45, 2.75) is 26.1 Å². The number of hydrogen-bond acceptors (Lipinski definition) is 5. The Balaban J connectivity index is 2.11. The molecule has 1 N–H and O–H groups in total. The molecule has 0 aliphatic carbocycles. The largest absolute Gasteiger partial charge is 0.475 e. The van der Waals surface area contributed by atoms with Gasteiger partial charge in [0.15, 0.2) is 0 Å². The normalized spacial score (nSPS) is 21.3. The minimum Gasteiger partial charge on any atom is -0.475 e. The second kappa shape index (κ2) is 6.71. The summed E-state index contributed by atoms with van der Waals surface area (Å²) in [6.45, 7) is 6.41. The lowest BCUT2D eigenvalue weighted by molar-refractivity contribution is 0.0528. The van der Waals surface area contributed by atoms with Crippen molar-refractivity contribution in [3.63, 3.8) is 0 Å². The molecule has 2 heterocycles. The molecular weight excluding hydrogens is 359 g/mol. The van der Waals surface area contributed by atoms with Crippen molar-refractivity contribution in [1.29, 1.82) is 0 Å². The van der Waals surface area contributed by atoms with Gasteiger partial charge in [0, 0.05) is 22.7 Å². The zero-order valence-electron chi connectivity index (χ0n) is 11.2. The van der Waals surface area contributed by atoms with Gasteiger partial charge in [0.25, 0.3) is 0 Å². The maximum Gasteiger partial charge on any atom is 0.216 e. The molecule has 5 nitrogen and oxygen atoms in total. The summed E-state index contributed by atoms with van der Waals surface area (Å²) >= 11 is 2.25. The predicted molar refractivity (Wildman–Crippen MR) is 81.8 cm³/mol. The van der Waals surface area contributed by atoms with Gasteiger partial charge in [-0.05, 0) is 42.5 Å². The molecule has 0 bridgehead atoms. The minimum absolute atomic E-state index is 0.218. The van der Waals surface area contributed by atoms with E-state index in [0.29, 0.717) is 5.88 Å². The fourth-order valence-electron chi connectivity index (χ4n) is 1.93. The Morgan fingerprint density at radius 1 is 1.63 bits per heavy atom. The van der Waals surface area contributed by atoms with E-state index in [1.54, 1.807) is 6.92 Å². The van der Waals surface area contributed by atoms with Crippen molar-refractivity contribution < 1.29 is 14.6 Å². The number of morpholine rings is 1. The molecule has 1 aromatic rings. The summed E-state index contributed by atoms with van der Waals surface area (Å²) in [6.07, 6.45) is -0.276. The number of ether oxygens (including phenoxy) is 2. The van der Waals surface area contributed by atoms with Crippen LogP contribution in [0.3, 0.4) is 0 Å². The van der Waals surface area contributed by atoms with E-state index < -0.39 is 6.10 Å². The summed E-state index contributed by atoms with van der Waals surface area (Å²) in [6, 6.07) is 3.91. The molecule has 1 fully saturated rings. The molecule has 106 valence electrons. The van der Waals surface area contributed by atoms with Crippen LogP contribution in [-0.2, 0) is 4.74 Å². The smallest absolute Gasteiger partial charge is 0.216 e. The van der Waals surface area contributed by atoms with Crippen LogP contribution in [0.25, 0.3) is 0 Å². The average Bonchev–Trinajstić information content (AvgIpc) is 2.36. The van der Waals surface area contributed by atoms with Crippen LogP contribution in [-0.4, -0.2) is 48.6 Å². The molecule has 1 saturated heterocycles. The van der Waals surface area contributed by atoms with Gasteiger partial charge in [0.05, 0.1) is 18.8 Å². The fraction of sp³-hybridized carbons (Fsp3) is 0.615. The third-order valence-electron chi connectivity index (χ3n) is 2.79. The zero-order chi connectivity index (χ0) is 13.8. The molecular formula is C13H19IN2O3. The number of pyridine rings is 1. The Hall–Kier alpha value is -0.600. The molecule has 0 spiro atoms. The SMILES string of the molecule is CC(O)COc1cc(I)cc(N2CCOC(C)C2)n1. The summed E-state index contributed by atoms with van der Waals surface area (Å²) in [7, 11) is 0. The Bertz CT molecular complexity index is 428. The Morgan fingerprint density at radius 2 is 2.42 bits per heavy atom. The van der Waals surface area contributed by atoms with Crippen LogP contribution in [0, 0.1) is 3.57 Å². The van der Waals surface area contributed by atoms with Crippen molar-refractivity contribution in [3.8, 4) is 5.88 Å². The quantitative estimate of drug-likeness (QED) is 0.808. The summed E-state index contributed by atoms with van der Waals surface area (Å²) in [4.78, 5) is 6.70. The van der Waals surface area contributed by atoms with Gasteiger partial charge in [0.1, 0.15) is 12.4 Å². The van der Waals surface area contributed by atoms with Gasteiger partial charge in [-0.1, -0.05) is 0 Å². The van der Waals surface area contributed by atoms with E-state index in [1.807, 2.05) is 12.1 Å². The molecule has 0 saturated carbocycles. The minimum atomic E-state index is -0.494. The number of aromatic nitrogens is 1. The second-order valence-electron chi connectivity index (χ2n) is 4.77. The first-order valence-electron chi connectivity index (χ1n) is 6.39. The lowest BCUT2D eigenvalue weighted by atomic mass is 10.3. The summed E-state index contributed by atoms with van der Waals surface area (Å²) < 4.78 is 12.1. The first-order valence-corrected chi connectivity index (χ1v) is 7.47. The van der Waals surface area contributed by atoms with E-state index in [9.17, 15) is 5.11 Å². The van der Waals surface area contributed by atoms with Gasteiger partial charge in [-0.2, -0.15) is 4.98 Å². The van der Waals surface area contributed by atoms with Crippen molar-refractivity contribution in [3.05, 3.63) is 15.7 Å². The van der Waals surface area contributed by atoms with Crippen LogP contribution in [0.4, 0.5) is 5.82 Å². The molecule has 1 aliphatic heterocycles. The molecule has 2 atom stereocenters. The molecule has 0 radical (unpaired) electrons. The standard InChI is InChI=1S/C13H19IN2O3/c1-9(17)8-19-13-6-11(14)5-12(15-13)16-3-4-18-10(2)7-16/h5-6,9-10,17H,3-4,7-8H2,1-2H3. The van der Waals surface area contributed by atoms with Crippen LogP contribution in [0.15, 0.2) is 12.1 Å². The second-order valence-corrected chi connectivity index (χ2v) is 6.01. The van der Waals surface area contributed by atoms with Gasteiger partial charge >= 0.3 is 0 Å². The maximum absolute atomic E-state index is 9.25. The number of halogens is 1. The summed E-state index contributed by atoms with van der Waals surface area (Å²) in [5.41, 5.74) is 0. The van der Waals surface area contributed by atoms with Crippen molar-refractivity contribution in [2.75, 3.05) is 31.2 Å². The first kappa shape index (κ1) is 14.8. The number of hydrogen-bond donors (Lipinski definition) is 1. The lowest BCUT2D eigenvalue weighted by Gasteiger charge is -2.32. The maximum atomic E-state index is 9.25. The zero-order valence-corrected chi connectivity index (χ0v) is 13.3. The lowest BCUT2D eigenvalue weighted by Crippen LogP contribution is -2.41. The number of rotatable bonds is 4. The Kier molecular flexibility index (Phi) is 5.23. The first-order chi connectivity index (χ1) is 9.04. The van der Waals surface area contributed by atoms with E-state index >= 15 is 0 Å². The Labute approximate surface area is 127 Å². The highest BCUT2D eigenvalue weighted by atomic mass is 127. The van der Waals surface area contributed by atoms with Gasteiger partial charge in [-0.3, -0.25) is 0 Å². The molecule has 1 aliphatic rings. The fourth-order valence-corrected chi connectivity index (χ4v) is 2.47. The number of aliphatic hydroxyl groups excluding tert-OH is 1. The van der Waals surface area contributed by atoms with Gasteiger partial charge < -0.3 is 19.5 Å². The third-order valence-corrected chi connectivity index (χ3v) is 3.41. The molecule has 1 aromatic heterocycles. The molecule has 2 unspecified atom stereocenters. The van der Waals surface area contributed by atoms with Gasteiger partial charge in [-0.25, -0.2) is 0 Å². The number of anilines is 1. The topological polar surface area (TPSA) is 54.8 Å². The third kappa shape index (κ3) is 4.47. The average molecular weight is 378 g/mol. The number of aliphatic hydroxyl groups is 1. The molecule has 19 heavy (non-hydrogen) atoms. The highest BCUT2D eigenvalue weighted by Crippen LogP contribution is 2.22. The van der Waals surface area contributed by atoms with E-state index in [-0.39, 0.29) is 12.7 Å². The van der Waals surface area contributed by atoms with E-state index in [4.69, 9.17) is 9.47 Å². The van der Waals surface area contributed by atoms with Crippen LogP contribution < -0.4 is 9.64 Å². The van der Waals surface area contributed by atoms with Crippen LogP contribution in [0.5, 0.6) is 5.88 Å². The van der Waals surface area contributed by atoms with E-state index in [1.165, 1.54) is 0 Å². The van der Waals surface area contributed by atoms with Crippen LogP contribution in [0.1, 0.15) is 13.8 Å².